The predicted octanol–water partition coefficient (Wildman–Crippen LogP) is 2.29. The molecule has 4 nitrogen and oxygen atoms in total. The van der Waals surface area contributed by atoms with Gasteiger partial charge in [-0.3, -0.25) is 4.79 Å². The number of carbonyl (C=O) groups is 1. The third-order valence-electron chi connectivity index (χ3n) is 2.53. The van der Waals surface area contributed by atoms with Gasteiger partial charge < -0.3 is 16.8 Å². The van der Waals surface area contributed by atoms with E-state index in [1.165, 1.54) is 11.1 Å². The standard InChI is InChI=1S/C8H11N.C7H8N2O/c1-7-2-4-8(6-9)5-3-7;8-6-3-1-2-4-7(6)9-5-10/h2-5H,6,9H2,1H3;1-5H,8H2,(H,9,10). The quantitative estimate of drug-likeness (QED) is 0.583. The van der Waals surface area contributed by atoms with E-state index in [0.717, 1.165) is 0 Å². The summed E-state index contributed by atoms with van der Waals surface area (Å²) in [5.74, 6) is 0. The number of rotatable bonds is 3. The molecule has 1 amide bonds. The van der Waals surface area contributed by atoms with Gasteiger partial charge in [-0.05, 0) is 24.6 Å². The summed E-state index contributed by atoms with van der Waals surface area (Å²) < 4.78 is 0. The van der Waals surface area contributed by atoms with Gasteiger partial charge in [-0.15, -0.1) is 0 Å². The van der Waals surface area contributed by atoms with Gasteiger partial charge >= 0.3 is 0 Å². The molecule has 0 atom stereocenters. The first kappa shape index (κ1) is 14.7. The SMILES string of the molecule is Cc1ccc(CN)cc1.Nc1ccccc1NC=O. The van der Waals surface area contributed by atoms with E-state index in [0.29, 0.717) is 24.3 Å². The van der Waals surface area contributed by atoms with Crippen LogP contribution < -0.4 is 16.8 Å². The molecule has 0 fully saturated rings. The van der Waals surface area contributed by atoms with Crippen molar-refractivity contribution in [2.24, 2.45) is 5.73 Å². The fourth-order valence-electron chi connectivity index (χ4n) is 1.42. The molecule has 0 spiro atoms. The molecular formula is C15H19N3O. The predicted molar refractivity (Wildman–Crippen MR) is 79.6 cm³/mol. The molecule has 100 valence electrons. The second-order valence-corrected chi connectivity index (χ2v) is 4.04. The molecule has 0 saturated heterocycles. The number of amides is 1. The summed E-state index contributed by atoms with van der Waals surface area (Å²) in [6.45, 7) is 2.71. The van der Waals surface area contributed by atoms with Crippen molar-refractivity contribution in [3.8, 4) is 0 Å². The summed E-state index contributed by atoms with van der Waals surface area (Å²) in [6, 6.07) is 15.3. The van der Waals surface area contributed by atoms with Gasteiger partial charge in [0.25, 0.3) is 0 Å². The number of aryl methyl sites for hydroxylation is 1. The molecule has 2 rings (SSSR count). The Balaban J connectivity index is 0.000000191. The van der Waals surface area contributed by atoms with Crippen LogP contribution in [0.3, 0.4) is 0 Å². The van der Waals surface area contributed by atoms with Gasteiger partial charge in [0.05, 0.1) is 11.4 Å². The molecule has 19 heavy (non-hydrogen) atoms. The van der Waals surface area contributed by atoms with E-state index in [-0.39, 0.29) is 0 Å². The summed E-state index contributed by atoms with van der Waals surface area (Å²) >= 11 is 0. The van der Waals surface area contributed by atoms with Crippen LogP contribution in [0.15, 0.2) is 48.5 Å². The number of nitrogens with one attached hydrogen (secondary N) is 1. The highest BCUT2D eigenvalue weighted by atomic mass is 16.1. The third kappa shape index (κ3) is 5.23. The summed E-state index contributed by atoms with van der Waals surface area (Å²) in [7, 11) is 0. The van der Waals surface area contributed by atoms with Crippen LogP contribution in [0.25, 0.3) is 0 Å². The van der Waals surface area contributed by atoms with E-state index in [2.05, 4.69) is 36.5 Å². The van der Waals surface area contributed by atoms with Crippen molar-refractivity contribution in [3.05, 3.63) is 59.7 Å². The molecule has 0 heterocycles. The Bertz CT molecular complexity index is 509. The lowest BCUT2D eigenvalue weighted by atomic mass is 10.2. The average Bonchev–Trinajstić information content (AvgIpc) is 2.43. The van der Waals surface area contributed by atoms with Crippen LogP contribution in [0.4, 0.5) is 11.4 Å². The van der Waals surface area contributed by atoms with Crippen LogP contribution in [0.1, 0.15) is 11.1 Å². The maximum atomic E-state index is 9.96. The smallest absolute Gasteiger partial charge is 0.211 e. The average molecular weight is 257 g/mol. The summed E-state index contributed by atoms with van der Waals surface area (Å²) in [6.07, 6.45) is 0.603. The van der Waals surface area contributed by atoms with E-state index in [4.69, 9.17) is 11.5 Å². The molecule has 0 aromatic heterocycles. The molecule has 0 aliphatic rings. The fourth-order valence-corrected chi connectivity index (χ4v) is 1.42. The summed E-state index contributed by atoms with van der Waals surface area (Å²) in [5, 5.41) is 2.47. The van der Waals surface area contributed by atoms with Crippen molar-refractivity contribution >= 4 is 17.8 Å². The minimum absolute atomic E-state index is 0.578. The second-order valence-electron chi connectivity index (χ2n) is 4.04. The number of hydrogen-bond donors (Lipinski definition) is 3. The van der Waals surface area contributed by atoms with E-state index in [9.17, 15) is 4.79 Å². The van der Waals surface area contributed by atoms with Crippen LogP contribution in [-0.4, -0.2) is 6.41 Å². The van der Waals surface area contributed by atoms with Gasteiger partial charge in [0, 0.05) is 6.54 Å². The second kappa shape index (κ2) is 7.89. The molecule has 2 aromatic rings. The van der Waals surface area contributed by atoms with Crippen molar-refractivity contribution in [3.63, 3.8) is 0 Å². The normalized spacial score (nSPS) is 9.16. The Hall–Kier alpha value is -2.33. The topological polar surface area (TPSA) is 81.1 Å². The minimum Gasteiger partial charge on any atom is -0.397 e. The molecule has 0 bridgehead atoms. The Labute approximate surface area is 113 Å². The molecule has 2 aromatic carbocycles. The Morgan fingerprint density at radius 2 is 1.74 bits per heavy atom. The number of para-hydroxylation sites is 2. The third-order valence-corrected chi connectivity index (χ3v) is 2.53. The first-order chi connectivity index (χ1) is 9.17. The van der Waals surface area contributed by atoms with Crippen molar-refractivity contribution in [2.45, 2.75) is 13.5 Å². The van der Waals surface area contributed by atoms with Crippen molar-refractivity contribution in [1.82, 2.24) is 0 Å². The highest BCUT2D eigenvalue weighted by Gasteiger charge is 1.92. The van der Waals surface area contributed by atoms with E-state index in [1.54, 1.807) is 12.1 Å². The maximum Gasteiger partial charge on any atom is 0.211 e. The van der Waals surface area contributed by atoms with Crippen molar-refractivity contribution < 1.29 is 4.79 Å². The molecule has 0 radical (unpaired) electrons. The zero-order valence-electron chi connectivity index (χ0n) is 11.0. The Kier molecular flexibility index (Phi) is 6.12. The summed E-state index contributed by atoms with van der Waals surface area (Å²) in [4.78, 5) is 9.96. The van der Waals surface area contributed by atoms with Gasteiger partial charge in [-0.25, -0.2) is 0 Å². The largest absolute Gasteiger partial charge is 0.397 e. The number of carbonyl (C=O) groups excluding carboxylic acids is 1. The molecular weight excluding hydrogens is 238 g/mol. The van der Waals surface area contributed by atoms with E-state index in [1.807, 2.05) is 12.1 Å². The van der Waals surface area contributed by atoms with Crippen LogP contribution >= 0.6 is 0 Å². The monoisotopic (exact) mass is 257 g/mol. The zero-order valence-corrected chi connectivity index (χ0v) is 11.0. The zero-order chi connectivity index (χ0) is 14.1. The molecule has 0 saturated carbocycles. The van der Waals surface area contributed by atoms with Crippen LogP contribution in [0.5, 0.6) is 0 Å². The van der Waals surface area contributed by atoms with Crippen LogP contribution in [0.2, 0.25) is 0 Å². The lowest BCUT2D eigenvalue weighted by molar-refractivity contribution is -0.105. The Morgan fingerprint density at radius 3 is 2.26 bits per heavy atom. The van der Waals surface area contributed by atoms with E-state index < -0.39 is 0 Å². The Morgan fingerprint density at radius 1 is 1.11 bits per heavy atom. The first-order valence-corrected chi connectivity index (χ1v) is 5.97. The molecule has 0 unspecified atom stereocenters. The number of nitrogen functional groups attached to an aromatic ring is 1. The molecule has 4 heteroatoms. The van der Waals surface area contributed by atoms with Crippen molar-refractivity contribution in [1.29, 1.82) is 0 Å². The highest BCUT2D eigenvalue weighted by molar-refractivity contribution is 5.79. The first-order valence-electron chi connectivity index (χ1n) is 5.97. The number of benzene rings is 2. The van der Waals surface area contributed by atoms with Gasteiger partial charge in [-0.1, -0.05) is 42.0 Å². The highest BCUT2D eigenvalue weighted by Crippen LogP contribution is 2.14. The minimum atomic E-state index is 0.578. The molecule has 5 N–H and O–H groups in total. The van der Waals surface area contributed by atoms with Crippen molar-refractivity contribution in [2.75, 3.05) is 11.1 Å². The van der Waals surface area contributed by atoms with Gasteiger partial charge in [0.2, 0.25) is 6.41 Å². The lowest BCUT2D eigenvalue weighted by Gasteiger charge is -2.00. The van der Waals surface area contributed by atoms with Gasteiger partial charge in [0.1, 0.15) is 0 Å². The van der Waals surface area contributed by atoms with Crippen LogP contribution in [0, 0.1) is 6.92 Å². The van der Waals surface area contributed by atoms with Gasteiger partial charge in [0.15, 0.2) is 0 Å². The maximum absolute atomic E-state index is 9.96. The van der Waals surface area contributed by atoms with Crippen LogP contribution in [-0.2, 0) is 11.3 Å². The van der Waals surface area contributed by atoms with Gasteiger partial charge in [-0.2, -0.15) is 0 Å². The summed E-state index contributed by atoms with van der Waals surface area (Å²) in [5.41, 5.74) is 14.6. The molecule has 0 aliphatic heterocycles. The fraction of sp³-hybridized carbons (Fsp3) is 0.133. The number of hydrogen-bond acceptors (Lipinski definition) is 3. The lowest BCUT2D eigenvalue weighted by Crippen LogP contribution is -1.97. The number of anilines is 2. The molecule has 0 aliphatic carbocycles. The number of nitrogens with two attached hydrogens (primary N) is 2. The van der Waals surface area contributed by atoms with E-state index >= 15 is 0 Å².